The van der Waals surface area contributed by atoms with E-state index < -0.39 is 30.6 Å². The van der Waals surface area contributed by atoms with Gasteiger partial charge >= 0.3 is 0 Å². The number of hydrogen-bond donors (Lipinski definition) is 3. The van der Waals surface area contributed by atoms with E-state index in [1.165, 1.54) is 16.9 Å². The van der Waals surface area contributed by atoms with Gasteiger partial charge in [0.2, 0.25) is 0 Å². The van der Waals surface area contributed by atoms with Crippen molar-refractivity contribution in [3.8, 4) is 0 Å². The number of fused-ring (bicyclic) bond motifs is 3. The number of rotatable bonds is 3. The van der Waals surface area contributed by atoms with Crippen LogP contribution >= 0.6 is 15.9 Å². The second-order valence-electron chi connectivity index (χ2n) is 7.56. The Morgan fingerprint density at radius 1 is 1.41 bits per heavy atom. The van der Waals surface area contributed by atoms with Crippen LogP contribution in [0.25, 0.3) is 0 Å². The Balaban J connectivity index is 1.63. The van der Waals surface area contributed by atoms with Gasteiger partial charge in [-0.2, -0.15) is 13.9 Å². The summed E-state index contributed by atoms with van der Waals surface area (Å²) in [5.74, 6) is -3.78. The van der Waals surface area contributed by atoms with E-state index in [1.807, 2.05) is 6.92 Å². The highest BCUT2D eigenvalue weighted by atomic mass is 79.9. The van der Waals surface area contributed by atoms with E-state index in [0.29, 0.717) is 17.7 Å². The minimum atomic E-state index is -3.12. The lowest BCUT2D eigenvalue weighted by Crippen LogP contribution is -2.49. The maximum Gasteiger partial charge on any atom is 0.289 e. The highest BCUT2D eigenvalue weighted by Gasteiger charge is 2.44. The van der Waals surface area contributed by atoms with Crippen LogP contribution < -0.4 is 5.32 Å². The Morgan fingerprint density at radius 3 is 2.93 bits per heavy atom. The molecule has 0 saturated heterocycles. The number of nitrogens with one attached hydrogen (secondary N) is 1. The first-order valence-electron chi connectivity index (χ1n) is 9.32. The third-order valence-corrected chi connectivity index (χ3v) is 6.05. The zero-order chi connectivity index (χ0) is 20.9. The topological polar surface area (TPSA) is 86.4 Å². The van der Waals surface area contributed by atoms with Crippen molar-refractivity contribution in [1.82, 2.24) is 19.7 Å². The van der Waals surface area contributed by atoms with Crippen LogP contribution in [0, 0.1) is 5.82 Å². The van der Waals surface area contributed by atoms with Gasteiger partial charge in [0.15, 0.2) is 12.2 Å². The lowest BCUT2D eigenvalue weighted by Gasteiger charge is -2.37. The molecule has 3 N–H and O–H groups in total. The van der Waals surface area contributed by atoms with Crippen LogP contribution in [0.3, 0.4) is 0 Å². The Bertz CT molecular complexity index is 925. The van der Waals surface area contributed by atoms with E-state index in [4.69, 9.17) is 0 Å². The third kappa shape index (κ3) is 3.76. The molecule has 0 saturated carbocycles. The summed E-state index contributed by atoms with van der Waals surface area (Å²) in [6.07, 6.45) is -0.920. The molecule has 0 radical (unpaired) electrons. The molecule has 158 valence electrons. The number of hydrogen-bond acceptors (Lipinski definition) is 6. The highest BCUT2D eigenvalue weighted by molar-refractivity contribution is 9.10. The van der Waals surface area contributed by atoms with Gasteiger partial charge < -0.3 is 15.5 Å². The van der Waals surface area contributed by atoms with Gasteiger partial charge in [-0.05, 0) is 35.3 Å². The molecule has 0 bridgehead atoms. The van der Waals surface area contributed by atoms with Crippen molar-refractivity contribution in [3.63, 3.8) is 0 Å². The summed E-state index contributed by atoms with van der Waals surface area (Å²) in [6.45, 7) is 1.88. The van der Waals surface area contributed by atoms with Crippen LogP contribution in [0.15, 0.2) is 16.9 Å². The van der Waals surface area contributed by atoms with Gasteiger partial charge in [0.05, 0.1) is 24.0 Å². The number of pyridine rings is 1. The van der Waals surface area contributed by atoms with E-state index >= 15 is 0 Å². The molecule has 0 fully saturated rings. The maximum absolute atomic E-state index is 14.8. The predicted octanol–water partition coefficient (Wildman–Crippen LogP) is 2.56. The summed E-state index contributed by atoms with van der Waals surface area (Å²) in [7, 11) is 0. The fraction of sp³-hybridized carbons (Fsp3) is 0.556. The minimum Gasteiger partial charge on any atom is -0.391 e. The summed E-state index contributed by atoms with van der Waals surface area (Å²) in [4.78, 5) is 5.35. The molecule has 7 nitrogen and oxygen atoms in total. The van der Waals surface area contributed by atoms with Crippen LogP contribution in [0.5, 0.6) is 0 Å². The van der Waals surface area contributed by atoms with Crippen LogP contribution in [-0.4, -0.2) is 48.4 Å². The van der Waals surface area contributed by atoms with Gasteiger partial charge in [0.25, 0.3) is 5.92 Å². The van der Waals surface area contributed by atoms with Crippen molar-refractivity contribution in [2.45, 2.75) is 63.7 Å². The lowest BCUT2D eigenvalue weighted by atomic mass is 9.96. The molecule has 0 aliphatic carbocycles. The average molecular weight is 476 g/mol. The van der Waals surface area contributed by atoms with Crippen LogP contribution in [0.2, 0.25) is 0 Å². The van der Waals surface area contributed by atoms with Crippen molar-refractivity contribution in [3.05, 3.63) is 39.6 Å². The molecule has 2 aromatic heterocycles. The molecule has 4 rings (SSSR count). The maximum atomic E-state index is 14.8. The molecule has 2 aliphatic heterocycles. The fourth-order valence-corrected chi connectivity index (χ4v) is 4.32. The standard InChI is InChI=1S/C18H21BrF3N5O2/c1-9-6-13-11(15-18(21,22)4-2-10(28)7-27(15)25-13)8-26(9)17(29)24-12-3-5-23-16(19)14(12)20/h3,5,9-10,17,28-29H,2,4,6-8H2,1H3,(H,23,24)/t9-,10+,17?/m1/s1. The van der Waals surface area contributed by atoms with E-state index in [-0.39, 0.29) is 41.5 Å². The van der Waals surface area contributed by atoms with Crippen molar-refractivity contribution >= 4 is 21.6 Å². The summed E-state index contributed by atoms with van der Waals surface area (Å²) in [6, 6.07) is 1.15. The molecule has 0 amide bonds. The summed E-state index contributed by atoms with van der Waals surface area (Å²) < 4.78 is 45.0. The van der Waals surface area contributed by atoms with Crippen molar-refractivity contribution in [2.24, 2.45) is 0 Å². The second kappa shape index (κ2) is 7.53. The summed E-state index contributed by atoms with van der Waals surface area (Å²) in [5, 5.41) is 27.6. The molecule has 11 heteroatoms. The number of aliphatic hydroxyl groups excluding tert-OH is 2. The van der Waals surface area contributed by atoms with Gasteiger partial charge in [-0.1, -0.05) is 0 Å². The molecular formula is C18H21BrF3N5O2. The third-order valence-electron chi connectivity index (χ3n) is 5.50. The Kier molecular flexibility index (Phi) is 5.34. The van der Waals surface area contributed by atoms with Gasteiger partial charge in [-0.3, -0.25) is 9.58 Å². The summed E-state index contributed by atoms with van der Waals surface area (Å²) in [5.41, 5.74) is 0.743. The first-order valence-corrected chi connectivity index (χ1v) is 10.1. The highest BCUT2D eigenvalue weighted by Crippen LogP contribution is 2.41. The van der Waals surface area contributed by atoms with Crippen LogP contribution in [-0.2, 0) is 25.4 Å². The molecule has 1 unspecified atom stereocenters. The van der Waals surface area contributed by atoms with E-state index in [1.54, 1.807) is 4.90 Å². The lowest BCUT2D eigenvalue weighted by molar-refractivity contribution is -0.0316. The normalized spacial score (nSPS) is 25.1. The molecule has 2 aliphatic rings. The van der Waals surface area contributed by atoms with E-state index in [9.17, 15) is 23.4 Å². The quantitative estimate of drug-likeness (QED) is 0.467. The first kappa shape index (κ1) is 20.6. The second-order valence-corrected chi connectivity index (χ2v) is 8.31. The van der Waals surface area contributed by atoms with Crippen molar-refractivity contribution in [1.29, 1.82) is 0 Å². The zero-order valence-corrected chi connectivity index (χ0v) is 17.2. The number of aliphatic hydroxyl groups is 2. The first-order chi connectivity index (χ1) is 13.7. The largest absolute Gasteiger partial charge is 0.391 e. The predicted molar refractivity (Wildman–Crippen MR) is 102 cm³/mol. The SMILES string of the molecule is C[C@@H]1Cc2nn3c(c2CN1C(O)Nc1ccnc(Br)c1F)C(F)(F)CC[C@H](O)C3. The molecule has 3 atom stereocenters. The molecule has 29 heavy (non-hydrogen) atoms. The van der Waals surface area contributed by atoms with Gasteiger partial charge in [-0.25, -0.2) is 9.37 Å². The zero-order valence-electron chi connectivity index (χ0n) is 15.6. The molecular weight excluding hydrogens is 455 g/mol. The Labute approximate surface area is 173 Å². The molecule has 0 aromatic carbocycles. The number of anilines is 1. The molecule has 2 aromatic rings. The van der Waals surface area contributed by atoms with E-state index in [0.717, 1.165) is 0 Å². The van der Waals surface area contributed by atoms with Crippen LogP contribution in [0.4, 0.5) is 18.9 Å². The molecule has 0 spiro atoms. The van der Waals surface area contributed by atoms with Crippen LogP contribution in [0.1, 0.15) is 36.7 Å². The van der Waals surface area contributed by atoms with Gasteiger partial charge in [0, 0.05) is 37.2 Å². The Hall–Kier alpha value is -1.69. The monoisotopic (exact) mass is 475 g/mol. The van der Waals surface area contributed by atoms with Crippen molar-refractivity contribution < 1.29 is 23.4 Å². The fourth-order valence-electron chi connectivity index (χ4n) is 3.99. The van der Waals surface area contributed by atoms with E-state index in [2.05, 4.69) is 31.3 Å². The number of aromatic nitrogens is 3. The number of nitrogens with zero attached hydrogens (tertiary/aromatic N) is 4. The molecule has 4 heterocycles. The van der Waals surface area contributed by atoms with Gasteiger partial charge in [-0.15, -0.1) is 0 Å². The Morgan fingerprint density at radius 2 is 2.17 bits per heavy atom. The van der Waals surface area contributed by atoms with Gasteiger partial charge in [0.1, 0.15) is 10.3 Å². The number of halogens is 4. The smallest absolute Gasteiger partial charge is 0.289 e. The average Bonchev–Trinajstić information content (AvgIpc) is 2.95. The summed E-state index contributed by atoms with van der Waals surface area (Å²) >= 11 is 2.99. The minimum absolute atomic E-state index is 0.00355. The van der Waals surface area contributed by atoms with Crippen molar-refractivity contribution in [2.75, 3.05) is 5.32 Å². The number of alkyl halides is 2.